The molecule has 1 aliphatic carbocycles. The molecule has 0 spiro atoms. The van der Waals surface area contributed by atoms with Crippen molar-refractivity contribution in [1.29, 1.82) is 5.26 Å². The molecule has 0 radical (unpaired) electrons. The molecule has 1 aromatic rings. The van der Waals surface area contributed by atoms with Gasteiger partial charge in [-0.15, -0.1) is 0 Å². The first-order valence-electron chi connectivity index (χ1n) is 7.05. The first-order valence-corrected chi connectivity index (χ1v) is 7.05. The van der Waals surface area contributed by atoms with Gasteiger partial charge in [0.1, 0.15) is 0 Å². The fourth-order valence-electron chi connectivity index (χ4n) is 3.55. The van der Waals surface area contributed by atoms with Crippen LogP contribution in [0.2, 0.25) is 0 Å². The van der Waals surface area contributed by atoms with Crippen molar-refractivity contribution in [2.45, 2.75) is 25.6 Å². The number of likely N-dealkylation sites (tertiary alicyclic amines) is 1. The highest BCUT2D eigenvalue weighted by atomic mass is 16.5. The Labute approximate surface area is 114 Å². The Morgan fingerprint density at radius 2 is 1.84 bits per heavy atom. The maximum atomic E-state index is 8.78. The van der Waals surface area contributed by atoms with Crippen LogP contribution in [0.4, 0.5) is 0 Å². The molecule has 1 unspecified atom stereocenters. The van der Waals surface area contributed by atoms with Crippen molar-refractivity contribution in [2.24, 2.45) is 11.8 Å². The zero-order valence-electron chi connectivity index (χ0n) is 11.4. The summed E-state index contributed by atoms with van der Waals surface area (Å²) in [7, 11) is 2.21. The topological polar surface area (TPSA) is 36.3 Å². The van der Waals surface area contributed by atoms with Crippen molar-refractivity contribution in [3.05, 3.63) is 35.4 Å². The third kappa shape index (κ3) is 2.65. The van der Waals surface area contributed by atoms with Crippen LogP contribution in [-0.2, 0) is 11.3 Å². The number of hydrogen-bond donors (Lipinski definition) is 0. The molecule has 100 valence electrons. The molecule has 2 aliphatic rings. The quantitative estimate of drug-likeness (QED) is 0.833. The normalized spacial score (nSPS) is 30.2. The van der Waals surface area contributed by atoms with Crippen LogP contribution in [0, 0.1) is 23.2 Å². The van der Waals surface area contributed by atoms with Gasteiger partial charge < -0.3 is 9.64 Å². The van der Waals surface area contributed by atoms with Crippen LogP contribution in [0.5, 0.6) is 0 Å². The molecule has 2 bridgehead atoms. The van der Waals surface area contributed by atoms with Gasteiger partial charge in [0.15, 0.2) is 0 Å². The van der Waals surface area contributed by atoms with Gasteiger partial charge in [-0.3, -0.25) is 0 Å². The van der Waals surface area contributed by atoms with Crippen molar-refractivity contribution < 1.29 is 4.74 Å². The van der Waals surface area contributed by atoms with Crippen LogP contribution in [0.1, 0.15) is 24.0 Å². The zero-order chi connectivity index (χ0) is 13.2. The Balaban J connectivity index is 1.59. The van der Waals surface area contributed by atoms with E-state index in [9.17, 15) is 0 Å². The average molecular weight is 256 g/mol. The largest absolute Gasteiger partial charge is 0.373 e. The molecule has 3 nitrogen and oxygen atoms in total. The number of nitrogens with zero attached hydrogens (tertiary/aromatic N) is 2. The summed E-state index contributed by atoms with van der Waals surface area (Å²) in [5.41, 5.74) is 1.88. The number of hydrogen-bond acceptors (Lipinski definition) is 3. The van der Waals surface area contributed by atoms with E-state index in [1.54, 1.807) is 0 Å². The minimum Gasteiger partial charge on any atom is -0.373 e. The van der Waals surface area contributed by atoms with Gasteiger partial charge in [0.2, 0.25) is 0 Å². The first kappa shape index (κ1) is 12.7. The molecule has 0 aromatic heterocycles. The van der Waals surface area contributed by atoms with Gasteiger partial charge in [-0.2, -0.15) is 5.26 Å². The van der Waals surface area contributed by atoms with Crippen LogP contribution in [0.25, 0.3) is 0 Å². The zero-order valence-corrected chi connectivity index (χ0v) is 11.4. The second-order valence-corrected chi connectivity index (χ2v) is 5.90. The second kappa shape index (κ2) is 5.32. The lowest BCUT2D eigenvalue weighted by Crippen LogP contribution is -2.43. The Morgan fingerprint density at radius 3 is 2.42 bits per heavy atom. The van der Waals surface area contributed by atoms with Crippen molar-refractivity contribution >= 4 is 0 Å². The van der Waals surface area contributed by atoms with Crippen LogP contribution < -0.4 is 0 Å². The third-order valence-electron chi connectivity index (χ3n) is 4.46. The van der Waals surface area contributed by atoms with Crippen LogP contribution in [0.3, 0.4) is 0 Å². The van der Waals surface area contributed by atoms with Crippen molar-refractivity contribution in [2.75, 3.05) is 20.1 Å². The lowest BCUT2D eigenvalue weighted by atomic mass is 9.95. The molecule has 3 atom stereocenters. The number of fused-ring (bicyclic) bond motifs is 2. The number of rotatable bonds is 3. The average Bonchev–Trinajstić information content (AvgIpc) is 2.67. The van der Waals surface area contributed by atoms with Crippen LogP contribution in [-0.4, -0.2) is 31.1 Å². The van der Waals surface area contributed by atoms with E-state index in [4.69, 9.17) is 10.00 Å². The molecule has 1 saturated heterocycles. The molecule has 3 heteroatoms. The van der Waals surface area contributed by atoms with E-state index in [0.717, 1.165) is 5.56 Å². The number of nitriles is 1. The van der Waals surface area contributed by atoms with Crippen LogP contribution >= 0.6 is 0 Å². The summed E-state index contributed by atoms with van der Waals surface area (Å²) >= 11 is 0. The third-order valence-corrected chi connectivity index (χ3v) is 4.46. The SMILES string of the molecule is CN1C[C@H]2CC[C@@H](C1)C2OCc1ccc(C#N)cc1. The molecule has 1 heterocycles. The predicted octanol–water partition coefficient (Wildman–Crippen LogP) is 2.42. The lowest BCUT2D eigenvalue weighted by Gasteiger charge is -2.35. The first-order chi connectivity index (χ1) is 9.26. The minimum atomic E-state index is 0.437. The molecule has 2 fully saturated rings. The predicted molar refractivity (Wildman–Crippen MR) is 73.4 cm³/mol. The van der Waals surface area contributed by atoms with Gasteiger partial charge in [-0.1, -0.05) is 12.1 Å². The van der Waals surface area contributed by atoms with Crippen molar-refractivity contribution in [1.82, 2.24) is 4.90 Å². The van der Waals surface area contributed by atoms with Crippen molar-refractivity contribution in [3.63, 3.8) is 0 Å². The minimum absolute atomic E-state index is 0.437. The van der Waals surface area contributed by atoms with Gasteiger partial charge in [0.25, 0.3) is 0 Å². The van der Waals surface area contributed by atoms with E-state index >= 15 is 0 Å². The highest BCUT2D eigenvalue weighted by Crippen LogP contribution is 2.38. The summed E-state index contributed by atoms with van der Waals surface area (Å²) < 4.78 is 6.17. The van der Waals surface area contributed by atoms with E-state index in [2.05, 4.69) is 18.0 Å². The van der Waals surface area contributed by atoms with Gasteiger partial charge in [-0.25, -0.2) is 0 Å². The number of benzene rings is 1. The van der Waals surface area contributed by atoms with Gasteiger partial charge in [-0.05, 0) is 49.4 Å². The summed E-state index contributed by atoms with van der Waals surface area (Å²) in [6, 6.07) is 9.86. The molecule has 1 saturated carbocycles. The highest BCUT2D eigenvalue weighted by molar-refractivity contribution is 5.31. The highest BCUT2D eigenvalue weighted by Gasteiger charge is 2.41. The summed E-state index contributed by atoms with van der Waals surface area (Å²) in [6.07, 6.45) is 3.06. The molecule has 1 aromatic carbocycles. The standard InChI is InChI=1S/C16H20N2O/c1-18-9-14-6-7-15(10-18)16(14)19-11-13-4-2-12(8-17)3-5-13/h2-5,14-16H,6-7,9-11H2,1H3/t14-,15+,16?. The fraction of sp³-hybridized carbons (Fsp3) is 0.562. The molecule has 0 N–H and O–H groups in total. The van der Waals surface area contributed by atoms with Gasteiger partial charge in [0.05, 0.1) is 24.3 Å². The molecule has 1 aliphatic heterocycles. The van der Waals surface area contributed by atoms with Gasteiger partial charge >= 0.3 is 0 Å². The van der Waals surface area contributed by atoms with Gasteiger partial charge in [0, 0.05) is 13.1 Å². The Kier molecular flexibility index (Phi) is 3.54. The molecule has 19 heavy (non-hydrogen) atoms. The summed E-state index contributed by atoms with van der Waals surface area (Å²) in [5, 5.41) is 8.78. The second-order valence-electron chi connectivity index (χ2n) is 5.90. The Hall–Kier alpha value is -1.37. The van der Waals surface area contributed by atoms with Crippen LogP contribution in [0.15, 0.2) is 24.3 Å². The molecular formula is C16H20N2O. The number of ether oxygens (including phenoxy) is 1. The van der Waals surface area contributed by atoms with E-state index in [1.807, 2.05) is 24.3 Å². The Morgan fingerprint density at radius 1 is 1.21 bits per heavy atom. The molecule has 0 amide bonds. The fourth-order valence-corrected chi connectivity index (χ4v) is 3.55. The Bertz CT molecular complexity index is 463. The summed E-state index contributed by atoms with van der Waals surface area (Å²) in [5.74, 6) is 1.42. The summed E-state index contributed by atoms with van der Waals surface area (Å²) in [4.78, 5) is 2.43. The van der Waals surface area contributed by atoms with Crippen molar-refractivity contribution in [3.8, 4) is 6.07 Å². The van der Waals surface area contributed by atoms with E-state index in [1.165, 1.54) is 25.9 Å². The molecular weight excluding hydrogens is 236 g/mol. The maximum Gasteiger partial charge on any atom is 0.0991 e. The smallest absolute Gasteiger partial charge is 0.0991 e. The molecule has 3 rings (SSSR count). The van der Waals surface area contributed by atoms with E-state index < -0.39 is 0 Å². The maximum absolute atomic E-state index is 8.78. The monoisotopic (exact) mass is 256 g/mol. The number of piperidine rings is 1. The van der Waals surface area contributed by atoms with E-state index in [0.29, 0.717) is 30.1 Å². The lowest BCUT2D eigenvalue weighted by molar-refractivity contribution is -0.0460. The summed E-state index contributed by atoms with van der Waals surface area (Å²) in [6.45, 7) is 3.02. The van der Waals surface area contributed by atoms with E-state index in [-0.39, 0.29) is 0 Å².